The van der Waals surface area contributed by atoms with Crippen LogP contribution >= 0.6 is 11.3 Å². The smallest absolute Gasteiger partial charge is 0.188 e. The van der Waals surface area contributed by atoms with E-state index in [1.165, 1.54) is 11.3 Å². The van der Waals surface area contributed by atoms with Crippen LogP contribution in [0.3, 0.4) is 0 Å². The molecule has 7 nitrogen and oxygen atoms in total. The van der Waals surface area contributed by atoms with Crippen LogP contribution in [0.1, 0.15) is 19.8 Å². The molecule has 0 radical (unpaired) electrons. The molecule has 1 saturated heterocycles. The highest BCUT2D eigenvalue weighted by Crippen LogP contribution is 2.30. The van der Waals surface area contributed by atoms with Gasteiger partial charge in [0.15, 0.2) is 22.4 Å². The molecule has 1 N–H and O–H groups in total. The number of hydrogen-bond acceptors (Lipinski definition) is 8. The molecule has 0 bridgehead atoms. The number of rotatable bonds is 7. The Labute approximate surface area is 168 Å². The molecular weight excluding hydrogens is 374 g/mol. The van der Waals surface area contributed by atoms with Crippen LogP contribution in [0, 0.1) is 0 Å². The monoisotopic (exact) mass is 397 g/mol. The second-order valence-electron chi connectivity index (χ2n) is 6.43. The number of hydrogen-bond donors (Lipinski definition) is 1. The van der Waals surface area contributed by atoms with Gasteiger partial charge >= 0.3 is 0 Å². The molecule has 2 aromatic heterocycles. The predicted molar refractivity (Wildman–Crippen MR) is 111 cm³/mol. The van der Waals surface area contributed by atoms with E-state index in [0.29, 0.717) is 12.4 Å². The zero-order valence-electron chi connectivity index (χ0n) is 15.7. The summed E-state index contributed by atoms with van der Waals surface area (Å²) in [6, 6.07) is 7.83. The zero-order chi connectivity index (χ0) is 19.2. The van der Waals surface area contributed by atoms with Crippen LogP contribution in [-0.4, -0.2) is 40.8 Å². The lowest BCUT2D eigenvalue weighted by Crippen LogP contribution is -2.41. The predicted octanol–water partition coefficient (Wildman–Crippen LogP) is 4.12. The third-order valence-electron chi connectivity index (χ3n) is 4.43. The van der Waals surface area contributed by atoms with Crippen molar-refractivity contribution in [3.05, 3.63) is 48.2 Å². The van der Waals surface area contributed by atoms with Crippen LogP contribution in [0.2, 0.25) is 0 Å². The summed E-state index contributed by atoms with van der Waals surface area (Å²) in [4.78, 5) is 15.5. The normalized spacial score (nSPS) is 16.6. The lowest BCUT2D eigenvalue weighted by atomic mass is 10.1. The number of thiazole rings is 1. The van der Waals surface area contributed by atoms with Crippen molar-refractivity contribution in [3.8, 4) is 11.5 Å². The molecule has 0 aliphatic carbocycles. The van der Waals surface area contributed by atoms with Crippen molar-refractivity contribution < 1.29 is 9.47 Å². The van der Waals surface area contributed by atoms with Gasteiger partial charge in [0, 0.05) is 18.1 Å². The largest absolute Gasteiger partial charge is 0.490 e. The van der Waals surface area contributed by atoms with Crippen LogP contribution in [-0.2, 0) is 0 Å². The second kappa shape index (κ2) is 8.88. The minimum absolute atomic E-state index is 0.0766. The van der Waals surface area contributed by atoms with Gasteiger partial charge in [0.1, 0.15) is 11.9 Å². The molecule has 1 aliphatic rings. The molecule has 0 unspecified atom stereocenters. The molecule has 146 valence electrons. The SMILES string of the molecule is CCOc1ccccc1O[C@@H]1CCCN(c2cncc(Nc3nccs3)n2)C1. The van der Waals surface area contributed by atoms with Gasteiger partial charge in [-0.05, 0) is 31.9 Å². The molecule has 1 atom stereocenters. The maximum Gasteiger partial charge on any atom is 0.188 e. The first-order valence-corrected chi connectivity index (χ1v) is 10.3. The van der Waals surface area contributed by atoms with Crippen molar-refractivity contribution in [2.24, 2.45) is 0 Å². The van der Waals surface area contributed by atoms with Crippen molar-refractivity contribution in [1.82, 2.24) is 15.0 Å². The van der Waals surface area contributed by atoms with E-state index in [1.807, 2.05) is 36.6 Å². The summed E-state index contributed by atoms with van der Waals surface area (Å²) >= 11 is 1.53. The molecule has 4 rings (SSSR count). The Hall–Kier alpha value is -2.87. The molecular formula is C20H23N5O2S. The number of anilines is 3. The van der Waals surface area contributed by atoms with E-state index in [0.717, 1.165) is 48.4 Å². The summed E-state index contributed by atoms with van der Waals surface area (Å²) < 4.78 is 11.9. The Morgan fingerprint density at radius 1 is 1.25 bits per heavy atom. The summed E-state index contributed by atoms with van der Waals surface area (Å²) in [5.41, 5.74) is 0. The molecule has 8 heteroatoms. The topological polar surface area (TPSA) is 72.4 Å². The standard InChI is InChI=1S/C20H23N5O2S/c1-2-26-16-7-3-4-8-17(16)27-15-6-5-10-25(14-15)19-13-21-12-18(23-19)24-20-22-9-11-28-20/h3-4,7-9,11-13,15H,2,5-6,10,14H2,1H3,(H,22,23,24)/t15-/m1/s1. The van der Waals surface area contributed by atoms with Gasteiger partial charge < -0.3 is 19.7 Å². The molecule has 0 spiro atoms. The average Bonchev–Trinajstić information content (AvgIpc) is 3.23. The Morgan fingerprint density at radius 2 is 2.14 bits per heavy atom. The summed E-state index contributed by atoms with van der Waals surface area (Å²) in [5.74, 6) is 3.11. The summed E-state index contributed by atoms with van der Waals surface area (Å²) in [5, 5.41) is 5.92. The van der Waals surface area contributed by atoms with Crippen LogP contribution in [0.4, 0.5) is 16.8 Å². The lowest BCUT2D eigenvalue weighted by molar-refractivity contribution is 0.170. The Kier molecular flexibility index (Phi) is 5.86. The minimum Gasteiger partial charge on any atom is -0.490 e. The average molecular weight is 398 g/mol. The van der Waals surface area contributed by atoms with Gasteiger partial charge in [-0.15, -0.1) is 11.3 Å². The number of aromatic nitrogens is 3. The highest BCUT2D eigenvalue weighted by atomic mass is 32.1. The van der Waals surface area contributed by atoms with Crippen molar-refractivity contribution >= 4 is 28.1 Å². The van der Waals surface area contributed by atoms with E-state index in [1.54, 1.807) is 18.6 Å². The molecule has 1 aromatic carbocycles. The van der Waals surface area contributed by atoms with E-state index in [9.17, 15) is 0 Å². The molecule has 1 fully saturated rings. The van der Waals surface area contributed by atoms with Gasteiger partial charge in [-0.3, -0.25) is 4.98 Å². The van der Waals surface area contributed by atoms with Gasteiger partial charge in [0.05, 0.1) is 25.5 Å². The van der Waals surface area contributed by atoms with Crippen molar-refractivity contribution in [3.63, 3.8) is 0 Å². The molecule has 3 aromatic rings. The molecule has 3 heterocycles. The third kappa shape index (κ3) is 4.51. The fourth-order valence-corrected chi connectivity index (χ4v) is 3.74. The van der Waals surface area contributed by atoms with Gasteiger partial charge in [-0.1, -0.05) is 12.1 Å². The maximum absolute atomic E-state index is 6.27. The first-order valence-electron chi connectivity index (χ1n) is 9.44. The van der Waals surface area contributed by atoms with Gasteiger partial charge in [-0.2, -0.15) is 0 Å². The number of piperidine rings is 1. The lowest BCUT2D eigenvalue weighted by Gasteiger charge is -2.33. The first-order chi connectivity index (χ1) is 13.8. The van der Waals surface area contributed by atoms with Gasteiger partial charge in [0.25, 0.3) is 0 Å². The number of para-hydroxylation sites is 2. The molecule has 28 heavy (non-hydrogen) atoms. The van der Waals surface area contributed by atoms with E-state index >= 15 is 0 Å². The van der Waals surface area contributed by atoms with Crippen LogP contribution in [0.5, 0.6) is 11.5 Å². The summed E-state index contributed by atoms with van der Waals surface area (Å²) in [6.45, 7) is 4.29. The number of benzene rings is 1. The number of ether oxygens (including phenoxy) is 2. The molecule has 0 amide bonds. The summed E-state index contributed by atoms with van der Waals surface area (Å²) in [7, 11) is 0. The van der Waals surface area contributed by atoms with Crippen molar-refractivity contribution in [1.29, 1.82) is 0 Å². The number of nitrogens with zero attached hydrogens (tertiary/aromatic N) is 4. The van der Waals surface area contributed by atoms with Crippen LogP contribution < -0.4 is 19.7 Å². The Morgan fingerprint density at radius 3 is 2.96 bits per heavy atom. The van der Waals surface area contributed by atoms with Crippen molar-refractivity contribution in [2.75, 3.05) is 29.9 Å². The van der Waals surface area contributed by atoms with Gasteiger partial charge in [0.2, 0.25) is 0 Å². The van der Waals surface area contributed by atoms with E-state index in [2.05, 4.69) is 20.2 Å². The Balaban J connectivity index is 1.44. The van der Waals surface area contributed by atoms with E-state index in [4.69, 9.17) is 14.5 Å². The van der Waals surface area contributed by atoms with Crippen molar-refractivity contribution in [2.45, 2.75) is 25.9 Å². The fourth-order valence-electron chi connectivity index (χ4n) is 3.21. The van der Waals surface area contributed by atoms with E-state index in [-0.39, 0.29) is 6.10 Å². The van der Waals surface area contributed by atoms with Crippen LogP contribution in [0.25, 0.3) is 0 Å². The summed E-state index contributed by atoms with van der Waals surface area (Å²) in [6.07, 6.45) is 7.38. The zero-order valence-corrected chi connectivity index (χ0v) is 16.6. The molecule has 1 aliphatic heterocycles. The highest BCUT2D eigenvalue weighted by molar-refractivity contribution is 7.13. The molecule has 0 saturated carbocycles. The minimum atomic E-state index is 0.0766. The third-order valence-corrected chi connectivity index (χ3v) is 5.12. The fraction of sp³-hybridized carbons (Fsp3) is 0.350. The highest BCUT2D eigenvalue weighted by Gasteiger charge is 2.23. The quantitative estimate of drug-likeness (QED) is 0.643. The second-order valence-corrected chi connectivity index (χ2v) is 7.33. The number of nitrogens with one attached hydrogen (secondary N) is 1. The maximum atomic E-state index is 6.27. The first kappa shape index (κ1) is 18.5. The van der Waals surface area contributed by atoms with Gasteiger partial charge in [-0.25, -0.2) is 9.97 Å². The van der Waals surface area contributed by atoms with E-state index < -0.39 is 0 Å². The van der Waals surface area contributed by atoms with Crippen LogP contribution in [0.15, 0.2) is 48.2 Å². The Bertz CT molecular complexity index is 890.